The fourth-order valence-corrected chi connectivity index (χ4v) is 3.99. The van der Waals surface area contributed by atoms with Crippen LogP contribution in [0.5, 0.6) is 0 Å². The molecule has 0 radical (unpaired) electrons. The molecule has 2 aliphatic heterocycles. The number of likely N-dealkylation sites (tertiary alicyclic amines) is 1. The van der Waals surface area contributed by atoms with Gasteiger partial charge in [-0.25, -0.2) is 4.39 Å². The highest BCUT2D eigenvalue weighted by atomic mass is 19.1. The maximum absolute atomic E-state index is 13.3. The molecule has 0 amide bonds. The minimum Gasteiger partial charge on any atom is -0.390 e. The Balaban J connectivity index is 1.45. The van der Waals surface area contributed by atoms with Crippen LogP contribution in [0.15, 0.2) is 41.5 Å². The lowest BCUT2D eigenvalue weighted by atomic mass is 9.80. The summed E-state index contributed by atoms with van der Waals surface area (Å²) in [6, 6.07) is 7.95. The third kappa shape index (κ3) is 4.22. The zero-order valence-corrected chi connectivity index (χ0v) is 16.9. The van der Waals surface area contributed by atoms with E-state index in [1.165, 1.54) is 18.6 Å². The van der Waals surface area contributed by atoms with Crippen molar-refractivity contribution < 1.29 is 14.3 Å². The maximum atomic E-state index is 13.3. The SMILES string of the molecule is CC(C)(O)[C@@H](CC(=O)Cc1cc2c(cn1)C(N1CCC1)=NC2)c1ccc(F)cc1. The van der Waals surface area contributed by atoms with E-state index >= 15 is 0 Å². The van der Waals surface area contributed by atoms with E-state index in [-0.39, 0.29) is 24.4 Å². The van der Waals surface area contributed by atoms with Crippen molar-refractivity contribution in [3.05, 3.63) is 64.7 Å². The van der Waals surface area contributed by atoms with Crippen LogP contribution in [-0.2, 0) is 17.8 Å². The number of aliphatic imine (C=N–C) groups is 1. The molecule has 1 atom stereocenters. The van der Waals surface area contributed by atoms with Gasteiger partial charge in [-0.3, -0.25) is 14.8 Å². The number of benzene rings is 1. The summed E-state index contributed by atoms with van der Waals surface area (Å²) in [6.07, 6.45) is 3.41. The first-order valence-corrected chi connectivity index (χ1v) is 10.1. The maximum Gasteiger partial charge on any atom is 0.139 e. The summed E-state index contributed by atoms with van der Waals surface area (Å²) in [7, 11) is 0. The minimum atomic E-state index is -1.10. The number of aliphatic hydroxyl groups is 1. The largest absolute Gasteiger partial charge is 0.390 e. The van der Waals surface area contributed by atoms with E-state index in [1.807, 2.05) is 12.3 Å². The van der Waals surface area contributed by atoms with Crippen LogP contribution < -0.4 is 0 Å². The number of carbonyl (C=O) groups excluding carboxylic acids is 1. The Bertz CT molecular complexity index is 944. The van der Waals surface area contributed by atoms with E-state index < -0.39 is 11.5 Å². The van der Waals surface area contributed by atoms with Crippen molar-refractivity contribution in [2.24, 2.45) is 4.99 Å². The topological polar surface area (TPSA) is 65.8 Å². The van der Waals surface area contributed by atoms with Gasteiger partial charge in [-0.1, -0.05) is 12.1 Å². The molecule has 152 valence electrons. The van der Waals surface area contributed by atoms with E-state index in [4.69, 9.17) is 0 Å². The van der Waals surface area contributed by atoms with Crippen LogP contribution in [0.25, 0.3) is 0 Å². The molecule has 1 saturated heterocycles. The van der Waals surface area contributed by atoms with Crippen LogP contribution in [0.3, 0.4) is 0 Å². The van der Waals surface area contributed by atoms with Crippen LogP contribution in [-0.4, -0.2) is 45.3 Å². The summed E-state index contributed by atoms with van der Waals surface area (Å²) in [5, 5.41) is 10.6. The van der Waals surface area contributed by atoms with Crippen LogP contribution in [0.4, 0.5) is 4.39 Å². The molecule has 1 aromatic carbocycles. The van der Waals surface area contributed by atoms with Crippen LogP contribution in [0.1, 0.15) is 55.0 Å². The van der Waals surface area contributed by atoms with Gasteiger partial charge in [-0.15, -0.1) is 0 Å². The summed E-state index contributed by atoms with van der Waals surface area (Å²) in [5.74, 6) is 0.272. The molecule has 29 heavy (non-hydrogen) atoms. The van der Waals surface area contributed by atoms with Gasteiger partial charge in [-0.2, -0.15) is 0 Å². The second-order valence-corrected chi connectivity index (χ2v) is 8.49. The van der Waals surface area contributed by atoms with Crippen molar-refractivity contribution >= 4 is 11.6 Å². The number of ketones is 1. The predicted molar refractivity (Wildman–Crippen MR) is 109 cm³/mol. The Morgan fingerprint density at radius 2 is 2.00 bits per heavy atom. The number of amidine groups is 1. The molecule has 3 heterocycles. The summed E-state index contributed by atoms with van der Waals surface area (Å²) >= 11 is 0. The lowest BCUT2D eigenvalue weighted by Crippen LogP contribution is -2.42. The normalized spacial score (nSPS) is 16.8. The second kappa shape index (κ2) is 7.67. The van der Waals surface area contributed by atoms with Crippen LogP contribution >= 0.6 is 0 Å². The summed E-state index contributed by atoms with van der Waals surface area (Å²) in [5.41, 5.74) is 2.56. The number of halogens is 1. The quantitative estimate of drug-likeness (QED) is 0.816. The molecule has 0 saturated carbocycles. The first kappa shape index (κ1) is 19.7. The highest BCUT2D eigenvalue weighted by Crippen LogP contribution is 2.32. The predicted octanol–water partition coefficient (Wildman–Crippen LogP) is 3.24. The van der Waals surface area contributed by atoms with Gasteiger partial charge in [0.05, 0.1) is 12.1 Å². The lowest BCUT2D eigenvalue weighted by molar-refractivity contribution is -0.120. The van der Waals surface area contributed by atoms with Crippen molar-refractivity contribution in [1.82, 2.24) is 9.88 Å². The number of pyridine rings is 1. The number of rotatable bonds is 6. The summed E-state index contributed by atoms with van der Waals surface area (Å²) in [6.45, 7) is 6.07. The Morgan fingerprint density at radius 1 is 1.28 bits per heavy atom. The van der Waals surface area contributed by atoms with Gasteiger partial charge in [0.2, 0.25) is 0 Å². The van der Waals surface area contributed by atoms with Crippen LogP contribution in [0.2, 0.25) is 0 Å². The molecule has 0 aliphatic carbocycles. The minimum absolute atomic E-state index is 0.00391. The number of Topliss-reactive ketones (excluding diaryl/α,β-unsaturated/α-hetero) is 1. The first-order valence-electron chi connectivity index (χ1n) is 10.1. The average molecular weight is 395 g/mol. The number of hydrogen-bond donors (Lipinski definition) is 1. The second-order valence-electron chi connectivity index (χ2n) is 8.49. The smallest absolute Gasteiger partial charge is 0.139 e. The van der Waals surface area contributed by atoms with E-state index in [9.17, 15) is 14.3 Å². The van der Waals surface area contributed by atoms with E-state index in [1.54, 1.807) is 26.0 Å². The van der Waals surface area contributed by atoms with Gasteiger partial charge in [0.15, 0.2) is 0 Å². The number of carbonyl (C=O) groups is 1. The van der Waals surface area contributed by atoms with Gasteiger partial charge in [0.1, 0.15) is 17.4 Å². The molecule has 0 spiro atoms. The molecular weight excluding hydrogens is 369 g/mol. The molecule has 2 aromatic rings. The summed E-state index contributed by atoms with van der Waals surface area (Å²) in [4.78, 5) is 24.2. The zero-order valence-electron chi connectivity index (χ0n) is 16.9. The molecule has 1 fully saturated rings. The molecule has 4 rings (SSSR count). The average Bonchev–Trinajstić information content (AvgIpc) is 3.01. The fourth-order valence-electron chi connectivity index (χ4n) is 3.99. The number of hydrogen-bond acceptors (Lipinski definition) is 5. The van der Waals surface area contributed by atoms with E-state index in [0.717, 1.165) is 41.3 Å². The Hall–Kier alpha value is -2.60. The van der Waals surface area contributed by atoms with Gasteiger partial charge in [-0.05, 0) is 49.6 Å². The monoisotopic (exact) mass is 395 g/mol. The van der Waals surface area contributed by atoms with Crippen molar-refractivity contribution in [3.8, 4) is 0 Å². The Labute approximate surface area is 170 Å². The van der Waals surface area contributed by atoms with E-state index in [0.29, 0.717) is 6.54 Å². The van der Waals surface area contributed by atoms with Gasteiger partial charge < -0.3 is 10.0 Å². The highest BCUT2D eigenvalue weighted by molar-refractivity contribution is 6.02. The van der Waals surface area contributed by atoms with Crippen molar-refractivity contribution in [1.29, 1.82) is 0 Å². The molecule has 1 N–H and O–H groups in total. The number of aromatic nitrogens is 1. The van der Waals surface area contributed by atoms with Crippen molar-refractivity contribution in [2.45, 2.75) is 51.2 Å². The fraction of sp³-hybridized carbons (Fsp3) is 0.435. The van der Waals surface area contributed by atoms with Gasteiger partial charge in [0.25, 0.3) is 0 Å². The standard InChI is InChI=1S/C23H26FN3O2/c1-23(2,29)21(15-4-6-17(24)7-5-15)12-19(28)11-18-10-16-13-26-22(20(16)14-25-18)27-8-3-9-27/h4-7,10,14,21,29H,3,8-9,11-13H2,1-2H3/t21-/m0/s1. The summed E-state index contributed by atoms with van der Waals surface area (Å²) < 4.78 is 13.3. The molecule has 0 unspecified atom stereocenters. The molecule has 6 heteroatoms. The molecule has 2 aliphatic rings. The van der Waals surface area contributed by atoms with Crippen molar-refractivity contribution in [3.63, 3.8) is 0 Å². The third-order valence-corrected chi connectivity index (χ3v) is 5.78. The van der Waals surface area contributed by atoms with Crippen LogP contribution in [0, 0.1) is 5.82 Å². The Morgan fingerprint density at radius 3 is 2.62 bits per heavy atom. The van der Waals surface area contributed by atoms with Gasteiger partial charge in [0, 0.05) is 49.3 Å². The van der Waals surface area contributed by atoms with Gasteiger partial charge >= 0.3 is 0 Å². The molecule has 5 nitrogen and oxygen atoms in total. The van der Waals surface area contributed by atoms with Crippen molar-refractivity contribution in [2.75, 3.05) is 13.1 Å². The molecule has 1 aromatic heterocycles. The first-order chi connectivity index (χ1) is 13.8. The zero-order chi connectivity index (χ0) is 20.6. The lowest BCUT2D eigenvalue weighted by Gasteiger charge is -2.33. The third-order valence-electron chi connectivity index (χ3n) is 5.78. The highest BCUT2D eigenvalue weighted by Gasteiger charge is 2.31. The Kier molecular flexibility index (Phi) is 5.21. The number of fused-ring (bicyclic) bond motifs is 1. The van der Waals surface area contributed by atoms with E-state index in [2.05, 4.69) is 14.9 Å². The molecular formula is C23H26FN3O2. The number of nitrogens with zero attached hydrogens (tertiary/aromatic N) is 3. The molecule has 0 bridgehead atoms.